The van der Waals surface area contributed by atoms with Gasteiger partial charge in [-0.3, -0.25) is 0 Å². The van der Waals surface area contributed by atoms with Crippen molar-refractivity contribution in [2.45, 2.75) is 6.10 Å². The lowest BCUT2D eigenvalue weighted by molar-refractivity contribution is -0.151. The van der Waals surface area contributed by atoms with Gasteiger partial charge in [-0.05, 0) is 11.1 Å². The molecule has 3 heteroatoms. The topological polar surface area (TPSA) is 35.5 Å². The largest absolute Gasteiger partial charge is 0.451 e. The Hall–Kier alpha value is -2.13. The Balaban J connectivity index is 2.26. The molecule has 2 aromatic carbocycles. The molecule has 0 aliphatic carbocycles. The number of carbonyl (C=O) groups is 1. The molecule has 0 heterocycles. The summed E-state index contributed by atoms with van der Waals surface area (Å²) in [7, 11) is 1.47. The van der Waals surface area contributed by atoms with E-state index in [0.717, 1.165) is 11.1 Å². The third-order valence-electron chi connectivity index (χ3n) is 2.72. The van der Waals surface area contributed by atoms with E-state index in [1.807, 2.05) is 60.7 Å². The summed E-state index contributed by atoms with van der Waals surface area (Å²) in [5.41, 5.74) is 1.89. The van der Waals surface area contributed by atoms with Crippen molar-refractivity contribution < 1.29 is 14.3 Å². The van der Waals surface area contributed by atoms with Gasteiger partial charge in [-0.15, -0.1) is 0 Å². The van der Waals surface area contributed by atoms with Gasteiger partial charge >= 0.3 is 5.97 Å². The van der Waals surface area contributed by atoms with Crippen molar-refractivity contribution in [3.05, 3.63) is 71.8 Å². The average Bonchev–Trinajstić information content (AvgIpc) is 2.47. The van der Waals surface area contributed by atoms with E-state index in [2.05, 4.69) is 0 Å². The lowest BCUT2D eigenvalue weighted by Gasteiger charge is -2.18. The van der Waals surface area contributed by atoms with Crippen LogP contribution in [0.4, 0.5) is 0 Å². The molecule has 0 saturated carbocycles. The Morgan fingerprint density at radius 1 is 0.947 bits per heavy atom. The molecular weight excluding hydrogens is 240 g/mol. The molecule has 3 nitrogen and oxygen atoms in total. The molecular formula is C16H16O3. The number of esters is 1. The fourth-order valence-corrected chi connectivity index (χ4v) is 1.87. The SMILES string of the molecule is COCC(=O)OC(c1ccccc1)c1ccccc1. The molecule has 0 atom stereocenters. The average molecular weight is 256 g/mol. The van der Waals surface area contributed by atoms with E-state index in [9.17, 15) is 4.79 Å². The number of rotatable bonds is 5. The van der Waals surface area contributed by atoms with Crippen molar-refractivity contribution in [1.82, 2.24) is 0 Å². The molecule has 0 N–H and O–H groups in total. The van der Waals surface area contributed by atoms with Crippen LogP contribution in [-0.2, 0) is 14.3 Å². The molecule has 0 unspecified atom stereocenters. The van der Waals surface area contributed by atoms with Gasteiger partial charge in [0.1, 0.15) is 6.61 Å². The van der Waals surface area contributed by atoms with E-state index in [1.165, 1.54) is 7.11 Å². The first-order valence-electron chi connectivity index (χ1n) is 6.09. The fourth-order valence-electron chi connectivity index (χ4n) is 1.87. The normalized spacial score (nSPS) is 10.4. The summed E-state index contributed by atoms with van der Waals surface area (Å²) in [6.45, 7) is -0.0455. The quantitative estimate of drug-likeness (QED) is 0.771. The predicted octanol–water partition coefficient (Wildman–Crippen LogP) is 2.97. The van der Waals surface area contributed by atoms with Gasteiger partial charge in [0, 0.05) is 7.11 Å². The Labute approximate surface area is 112 Å². The molecule has 0 radical (unpaired) electrons. The summed E-state index contributed by atoms with van der Waals surface area (Å²) < 4.78 is 10.3. The number of carbonyl (C=O) groups excluding carboxylic acids is 1. The van der Waals surface area contributed by atoms with Crippen molar-refractivity contribution >= 4 is 5.97 Å². The van der Waals surface area contributed by atoms with Gasteiger partial charge in [-0.1, -0.05) is 60.7 Å². The van der Waals surface area contributed by atoms with Crippen LogP contribution in [0.2, 0.25) is 0 Å². The second-order valence-electron chi connectivity index (χ2n) is 4.12. The number of benzene rings is 2. The van der Waals surface area contributed by atoms with E-state index in [1.54, 1.807) is 0 Å². The van der Waals surface area contributed by atoms with Crippen LogP contribution >= 0.6 is 0 Å². The monoisotopic (exact) mass is 256 g/mol. The Morgan fingerprint density at radius 3 is 1.84 bits per heavy atom. The lowest BCUT2D eigenvalue weighted by atomic mass is 10.0. The number of hydrogen-bond donors (Lipinski definition) is 0. The van der Waals surface area contributed by atoms with Crippen molar-refractivity contribution in [3.8, 4) is 0 Å². The smallest absolute Gasteiger partial charge is 0.333 e. The molecule has 0 spiro atoms. The molecule has 2 rings (SSSR count). The first-order valence-corrected chi connectivity index (χ1v) is 6.09. The zero-order valence-electron chi connectivity index (χ0n) is 10.8. The van der Waals surface area contributed by atoms with Crippen LogP contribution in [0.15, 0.2) is 60.7 Å². The molecule has 98 valence electrons. The molecule has 0 bridgehead atoms. The van der Waals surface area contributed by atoms with E-state index < -0.39 is 6.10 Å². The molecule has 0 saturated heterocycles. The van der Waals surface area contributed by atoms with Crippen LogP contribution in [0.5, 0.6) is 0 Å². The number of hydrogen-bond acceptors (Lipinski definition) is 3. The summed E-state index contributed by atoms with van der Waals surface area (Å²) in [5.74, 6) is -0.375. The maximum absolute atomic E-state index is 11.7. The summed E-state index contributed by atoms with van der Waals surface area (Å²) >= 11 is 0. The van der Waals surface area contributed by atoms with Gasteiger partial charge in [-0.25, -0.2) is 4.79 Å². The minimum absolute atomic E-state index is 0.0455. The molecule has 19 heavy (non-hydrogen) atoms. The third-order valence-corrected chi connectivity index (χ3v) is 2.72. The Morgan fingerprint density at radius 2 is 1.42 bits per heavy atom. The van der Waals surface area contributed by atoms with E-state index in [4.69, 9.17) is 9.47 Å². The molecule has 0 aliphatic heterocycles. The highest BCUT2D eigenvalue weighted by molar-refractivity contribution is 5.71. The second kappa shape index (κ2) is 6.71. The lowest BCUT2D eigenvalue weighted by Crippen LogP contribution is -2.16. The van der Waals surface area contributed by atoms with Gasteiger partial charge in [-0.2, -0.15) is 0 Å². The van der Waals surface area contributed by atoms with Crippen LogP contribution in [0.25, 0.3) is 0 Å². The maximum atomic E-state index is 11.7. The molecule has 0 fully saturated rings. The van der Waals surface area contributed by atoms with E-state index >= 15 is 0 Å². The molecule has 2 aromatic rings. The van der Waals surface area contributed by atoms with Gasteiger partial charge < -0.3 is 9.47 Å². The van der Waals surface area contributed by atoms with Crippen molar-refractivity contribution in [2.75, 3.05) is 13.7 Å². The first kappa shape index (κ1) is 13.3. The maximum Gasteiger partial charge on any atom is 0.333 e. The highest BCUT2D eigenvalue weighted by atomic mass is 16.6. The van der Waals surface area contributed by atoms with E-state index in [0.29, 0.717) is 0 Å². The molecule has 0 aliphatic rings. The molecule has 0 amide bonds. The minimum atomic E-state index is -0.398. The minimum Gasteiger partial charge on any atom is -0.451 e. The van der Waals surface area contributed by atoms with Gasteiger partial charge in [0.05, 0.1) is 0 Å². The zero-order chi connectivity index (χ0) is 13.5. The first-order chi connectivity index (χ1) is 9.31. The summed E-state index contributed by atoms with van der Waals surface area (Å²) in [6.07, 6.45) is -0.398. The highest BCUT2D eigenvalue weighted by Gasteiger charge is 2.18. The van der Waals surface area contributed by atoms with Crippen molar-refractivity contribution in [2.24, 2.45) is 0 Å². The van der Waals surface area contributed by atoms with Gasteiger partial charge in [0.2, 0.25) is 0 Å². The summed E-state index contributed by atoms with van der Waals surface area (Å²) in [5, 5.41) is 0. The molecule has 0 aromatic heterocycles. The van der Waals surface area contributed by atoms with Crippen LogP contribution in [0.1, 0.15) is 17.2 Å². The Kier molecular flexibility index (Phi) is 4.70. The Bertz CT molecular complexity index is 469. The van der Waals surface area contributed by atoms with Gasteiger partial charge in [0.15, 0.2) is 6.10 Å². The highest BCUT2D eigenvalue weighted by Crippen LogP contribution is 2.25. The van der Waals surface area contributed by atoms with Crippen LogP contribution < -0.4 is 0 Å². The standard InChI is InChI=1S/C16H16O3/c1-18-12-15(17)19-16(13-8-4-2-5-9-13)14-10-6-3-7-11-14/h2-11,16H,12H2,1H3. The number of methoxy groups -OCH3 is 1. The van der Waals surface area contributed by atoms with Crippen LogP contribution in [0.3, 0.4) is 0 Å². The zero-order valence-corrected chi connectivity index (χ0v) is 10.8. The third kappa shape index (κ3) is 3.66. The van der Waals surface area contributed by atoms with E-state index in [-0.39, 0.29) is 12.6 Å². The predicted molar refractivity (Wildman–Crippen MR) is 72.7 cm³/mol. The van der Waals surface area contributed by atoms with Gasteiger partial charge in [0.25, 0.3) is 0 Å². The van der Waals surface area contributed by atoms with Crippen LogP contribution in [0, 0.1) is 0 Å². The van der Waals surface area contributed by atoms with Crippen LogP contribution in [-0.4, -0.2) is 19.7 Å². The number of ether oxygens (including phenoxy) is 2. The fraction of sp³-hybridized carbons (Fsp3) is 0.188. The summed E-state index contributed by atoms with van der Waals surface area (Å²) in [6, 6.07) is 19.3. The second-order valence-corrected chi connectivity index (χ2v) is 4.12. The van der Waals surface area contributed by atoms with Crippen molar-refractivity contribution in [3.63, 3.8) is 0 Å². The summed E-state index contributed by atoms with van der Waals surface area (Å²) in [4.78, 5) is 11.7. The van der Waals surface area contributed by atoms with Crippen molar-refractivity contribution in [1.29, 1.82) is 0 Å².